The minimum Gasteiger partial charge on any atom is -0.337 e. The van der Waals surface area contributed by atoms with Crippen molar-refractivity contribution in [1.82, 2.24) is 9.88 Å². The van der Waals surface area contributed by atoms with Crippen LogP contribution in [0.4, 0.5) is 5.69 Å². The van der Waals surface area contributed by atoms with E-state index < -0.39 is 0 Å². The molecule has 0 aromatic carbocycles. The van der Waals surface area contributed by atoms with E-state index in [1.165, 1.54) is 6.42 Å². The van der Waals surface area contributed by atoms with Gasteiger partial charge in [0.25, 0.3) is 5.91 Å². The van der Waals surface area contributed by atoms with E-state index in [1.807, 2.05) is 7.05 Å². The van der Waals surface area contributed by atoms with E-state index in [4.69, 9.17) is 5.84 Å². The Kier molecular flexibility index (Phi) is 3.05. The Balaban J connectivity index is 2.07. The Labute approximate surface area is 94.6 Å². The fourth-order valence-corrected chi connectivity index (χ4v) is 1.73. The molecule has 1 aliphatic carbocycles. The monoisotopic (exact) mass is 220 g/mol. The van der Waals surface area contributed by atoms with E-state index in [1.54, 1.807) is 23.2 Å². The fraction of sp³-hybridized carbons (Fsp3) is 0.455. The average Bonchev–Trinajstić information content (AvgIpc) is 2.26. The van der Waals surface area contributed by atoms with Crippen molar-refractivity contribution in [1.29, 1.82) is 0 Å². The lowest BCUT2D eigenvalue weighted by molar-refractivity contribution is 0.0646. The molecule has 1 aromatic heterocycles. The fourth-order valence-electron chi connectivity index (χ4n) is 1.73. The first-order chi connectivity index (χ1) is 7.72. The first-order valence-corrected chi connectivity index (χ1v) is 5.42. The van der Waals surface area contributed by atoms with Crippen molar-refractivity contribution in [2.75, 3.05) is 12.5 Å². The number of aromatic nitrogens is 1. The molecule has 0 atom stereocenters. The molecule has 0 aliphatic heterocycles. The van der Waals surface area contributed by atoms with E-state index >= 15 is 0 Å². The molecule has 0 unspecified atom stereocenters. The van der Waals surface area contributed by atoms with Gasteiger partial charge in [-0.25, -0.2) is 4.98 Å². The van der Waals surface area contributed by atoms with E-state index in [9.17, 15) is 4.79 Å². The Morgan fingerprint density at radius 1 is 1.56 bits per heavy atom. The maximum atomic E-state index is 12.0. The average molecular weight is 220 g/mol. The molecule has 1 aromatic rings. The van der Waals surface area contributed by atoms with Crippen LogP contribution in [0.25, 0.3) is 0 Å². The molecule has 0 saturated heterocycles. The number of pyridine rings is 1. The quantitative estimate of drug-likeness (QED) is 0.588. The largest absolute Gasteiger partial charge is 0.337 e. The second kappa shape index (κ2) is 4.49. The number of anilines is 1. The van der Waals surface area contributed by atoms with Crippen LogP contribution in [0.5, 0.6) is 0 Å². The van der Waals surface area contributed by atoms with E-state index in [2.05, 4.69) is 10.4 Å². The minimum atomic E-state index is -0.0201. The van der Waals surface area contributed by atoms with Gasteiger partial charge in [-0.1, -0.05) is 0 Å². The van der Waals surface area contributed by atoms with Gasteiger partial charge in [-0.2, -0.15) is 0 Å². The molecular formula is C11H16N4O. The minimum absolute atomic E-state index is 0.0201. The van der Waals surface area contributed by atoms with Crippen LogP contribution < -0.4 is 11.3 Å². The summed E-state index contributed by atoms with van der Waals surface area (Å²) in [5, 5.41) is 0. The van der Waals surface area contributed by atoms with Crippen LogP contribution in [0.15, 0.2) is 18.3 Å². The second-order valence-electron chi connectivity index (χ2n) is 4.08. The van der Waals surface area contributed by atoms with Gasteiger partial charge in [0.2, 0.25) is 0 Å². The summed E-state index contributed by atoms with van der Waals surface area (Å²) in [5.41, 5.74) is 3.64. The van der Waals surface area contributed by atoms with Crippen LogP contribution in [0, 0.1) is 0 Å². The van der Waals surface area contributed by atoms with Crippen molar-refractivity contribution in [2.24, 2.45) is 5.84 Å². The third-order valence-corrected chi connectivity index (χ3v) is 3.09. The number of hydrazine groups is 1. The zero-order valence-corrected chi connectivity index (χ0v) is 9.31. The molecule has 0 spiro atoms. The highest BCUT2D eigenvalue weighted by Crippen LogP contribution is 2.24. The highest BCUT2D eigenvalue weighted by molar-refractivity contribution is 5.92. The van der Waals surface area contributed by atoms with Gasteiger partial charge in [0.15, 0.2) is 0 Å². The predicted molar refractivity (Wildman–Crippen MR) is 61.8 cm³/mol. The summed E-state index contributed by atoms with van der Waals surface area (Å²) < 4.78 is 0. The second-order valence-corrected chi connectivity index (χ2v) is 4.08. The van der Waals surface area contributed by atoms with Gasteiger partial charge < -0.3 is 10.3 Å². The SMILES string of the molecule is CN(C(=O)c1ccc(NN)cn1)C1CCC1. The smallest absolute Gasteiger partial charge is 0.272 e. The Morgan fingerprint density at radius 2 is 2.31 bits per heavy atom. The van der Waals surface area contributed by atoms with Gasteiger partial charge in [0.1, 0.15) is 5.69 Å². The summed E-state index contributed by atoms with van der Waals surface area (Å²) >= 11 is 0. The van der Waals surface area contributed by atoms with Crippen molar-refractivity contribution in [3.63, 3.8) is 0 Å². The number of hydrogen-bond acceptors (Lipinski definition) is 4. The molecule has 86 valence electrons. The van der Waals surface area contributed by atoms with E-state index in [0.29, 0.717) is 17.4 Å². The van der Waals surface area contributed by atoms with Crippen LogP contribution >= 0.6 is 0 Å². The summed E-state index contributed by atoms with van der Waals surface area (Å²) in [5.74, 6) is 5.21. The summed E-state index contributed by atoms with van der Waals surface area (Å²) in [6, 6.07) is 3.82. The number of amides is 1. The number of carbonyl (C=O) groups is 1. The molecule has 3 N–H and O–H groups in total. The number of hydrogen-bond donors (Lipinski definition) is 2. The lowest BCUT2D eigenvalue weighted by Crippen LogP contribution is -2.41. The van der Waals surface area contributed by atoms with Crippen molar-refractivity contribution in [2.45, 2.75) is 25.3 Å². The van der Waals surface area contributed by atoms with Crippen LogP contribution in [0.3, 0.4) is 0 Å². The highest BCUT2D eigenvalue weighted by Gasteiger charge is 2.26. The van der Waals surface area contributed by atoms with Gasteiger partial charge in [0.05, 0.1) is 11.9 Å². The van der Waals surface area contributed by atoms with E-state index in [0.717, 1.165) is 12.8 Å². The molecule has 16 heavy (non-hydrogen) atoms. The molecule has 1 fully saturated rings. The van der Waals surface area contributed by atoms with Crippen molar-refractivity contribution in [3.05, 3.63) is 24.0 Å². The van der Waals surface area contributed by atoms with Gasteiger partial charge in [0, 0.05) is 13.1 Å². The van der Waals surface area contributed by atoms with Crippen molar-refractivity contribution in [3.8, 4) is 0 Å². The number of nitrogens with zero attached hydrogens (tertiary/aromatic N) is 2. The molecule has 1 heterocycles. The number of nitrogen functional groups attached to an aromatic ring is 1. The molecule has 5 heteroatoms. The van der Waals surface area contributed by atoms with Crippen molar-refractivity contribution >= 4 is 11.6 Å². The van der Waals surface area contributed by atoms with Gasteiger partial charge in [-0.15, -0.1) is 0 Å². The summed E-state index contributed by atoms with van der Waals surface area (Å²) in [6.45, 7) is 0. The third-order valence-electron chi connectivity index (χ3n) is 3.09. The number of carbonyl (C=O) groups excluding carboxylic acids is 1. The normalized spacial score (nSPS) is 15.4. The standard InChI is InChI=1S/C11H16N4O/c1-15(9-3-2-4-9)11(16)10-6-5-8(14-12)7-13-10/h5-7,9,14H,2-4,12H2,1H3. The van der Waals surface area contributed by atoms with Crippen LogP contribution in [0.1, 0.15) is 29.8 Å². The zero-order chi connectivity index (χ0) is 11.5. The third kappa shape index (κ3) is 1.99. The number of rotatable bonds is 3. The van der Waals surface area contributed by atoms with E-state index in [-0.39, 0.29) is 5.91 Å². The number of nitrogens with one attached hydrogen (secondary N) is 1. The molecule has 1 saturated carbocycles. The van der Waals surface area contributed by atoms with Crippen molar-refractivity contribution < 1.29 is 4.79 Å². The molecular weight excluding hydrogens is 204 g/mol. The number of nitrogens with two attached hydrogens (primary N) is 1. The van der Waals surface area contributed by atoms with Gasteiger partial charge >= 0.3 is 0 Å². The molecule has 5 nitrogen and oxygen atoms in total. The summed E-state index contributed by atoms with van der Waals surface area (Å²) in [4.78, 5) is 17.8. The lowest BCUT2D eigenvalue weighted by Gasteiger charge is -2.34. The molecule has 1 aliphatic rings. The topological polar surface area (TPSA) is 71.2 Å². The molecule has 0 bridgehead atoms. The molecule has 1 amide bonds. The van der Waals surface area contributed by atoms with Gasteiger partial charge in [-0.05, 0) is 31.4 Å². The summed E-state index contributed by atoms with van der Waals surface area (Å²) in [7, 11) is 1.84. The first-order valence-electron chi connectivity index (χ1n) is 5.42. The maximum Gasteiger partial charge on any atom is 0.272 e. The summed E-state index contributed by atoms with van der Waals surface area (Å²) in [6.07, 6.45) is 4.98. The Bertz CT molecular complexity index is 372. The Hall–Kier alpha value is -1.62. The first kappa shape index (κ1) is 10.9. The van der Waals surface area contributed by atoms with Gasteiger partial charge in [-0.3, -0.25) is 10.6 Å². The zero-order valence-electron chi connectivity index (χ0n) is 9.31. The van der Waals surface area contributed by atoms with Crippen LogP contribution in [-0.2, 0) is 0 Å². The maximum absolute atomic E-state index is 12.0. The lowest BCUT2D eigenvalue weighted by atomic mass is 9.92. The van der Waals surface area contributed by atoms with Crippen LogP contribution in [-0.4, -0.2) is 28.9 Å². The molecule has 0 radical (unpaired) electrons. The highest BCUT2D eigenvalue weighted by atomic mass is 16.2. The Morgan fingerprint density at radius 3 is 2.75 bits per heavy atom. The predicted octanol–water partition coefficient (Wildman–Crippen LogP) is 0.992. The van der Waals surface area contributed by atoms with Crippen LogP contribution in [0.2, 0.25) is 0 Å². The molecule has 2 rings (SSSR count).